The van der Waals surface area contributed by atoms with Gasteiger partial charge < -0.3 is 15.5 Å². The van der Waals surface area contributed by atoms with Crippen LogP contribution in [0.1, 0.15) is 28.4 Å². The first-order valence-corrected chi connectivity index (χ1v) is 10.1. The number of rotatable bonds is 6. The van der Waals surface area contributed by atoms with Crippen LogP contribution in [0.4, 0.5) is 11.4 Å². The van der Waals surface area contributed by atoms with Gasteiger partial charge in [0.05, 0.1) is 0 Å². The van der Waals surface area contributed by atoms with E-state index in [0.29, 0.717) is 29.9 Å². The molecule has 3 aromatic rings. The van der Waals surface area contributed by atoms with Gasteiger partial charge >= 0.3 is 0 Å². The second-order valence-corrected chi connectivity index (χ2v) is 7.55. The van der Waals surface area contributed by atoms with Crippen molar-refractivity contribution in [2.75, 3.05) is 10.6 Å². The smallest absolute Gasteiger partial charge is 0.255 e. The quantitative estimate of drug-likeness (QED) is 0.644. The van der Waals surface area contributed by atoms with Gasteiger partial charge in [-0.1, -0.05) is 54.6 Å². The van der Waals surface area contributed by atoms with E-state index in [9.17, 15) is 14.4 Å². The summed E-state index contributed by atoms with van der Waals surface area (Å²) in [6.45, 7) is 1.82. The predicted octanol–water partition coefficient (Wildman–Crippen LogP) is 3.85. The lowest BCUT2D eigenvalue weighted by Crippen LogP contribution is -2.45. The first-order chi connectivity index (χ1) is 15.0. The molecule has 1 heterocycles. The molecule has 0 saturated heterocycles. The average Bonchev–Trinajstić information content (AvgIpc) is 3.09. The molecule has 1 aliphatic rings. The lowest BCUT2D eigenvalue weighted by molar-refractivity contribution is -0.120. The molecule has 1 unspecified atom stereocenters. The highest BCUT2D eigenvalue weighted by Gasteiger charge is 2.36. The molecule has 3 amide bonds. The highest BCUT2D eigenvalue weighted by molar-refractivity contribution is 6.04. The minimum Gasteiger partial charge on any atom is -0.326 e. The van der Waals surface area contributed by atoms with Gasteiger partial charge in [-0.15, -0.1) is 0 Å². The molecule has 3 aromatic carbocycles. The molecule has 0 radical (unpaired) electrons. The maximum atomic E-state index is 13.3. The maximum absolute atomic E-state index is 13.3. The molecular formula is C25H23N3O3. The van der Waals surface area contributed by atoms with E-state index < -0.39 is 6.04 Å². The van der Waals surface area contributed by atoms with Gasteiger partial charge in [0.25, 0.3) is 5.91 Å². The fraction of sp³-hybridized carbons (Fsp3) is 0.160. The number of carbonyl (C=O) groups is 3. The van der Waals surface area contributed by atoms with Crippen LogP contribution in [-0.2, 0) is 22.6 Å². The molecule has 1 aliphatic heterocycles. The fourth-order valence-corrected chi connectivity index (χ4v) is 3.81. The van der Waals surface area contributed by atoms with E-state index >= 15 is 0 Å². The number of benzene rings is 3. The van der Waals surface area contributed by atoms with Crippen LogP contribution in [0, 0.1) is 0 Å². The molecule has 156 valence electrons. The second-order valence-electron chi connectivity index (χ2n) is 7.55. The Hall–Kier alpha value is -3.93. The van der Waals surface area contributed by atoms with Crippen molar-refractivity contribution in [3.8, 4) is 0 Å². The number of nitrogens with zero attached hydrogens (tertiary/aromatic N) is 1. The maximum Gasteiger partial charge on any atom is 0.255 e. The summed E-state index contributed by atoms with van der Waals surface area (Å²) in [4.78, 5) is 39.4. The Bertz CT molecular complexity index is 1130. The molecule has 31 heavy (non-hydrogen) atoms. The summed E-state index contributed by atoms with van der Waals surface area (Å²) in [6.07, 6.45) is 0.401. The van der Waals surface area contributed by atoms with E-state index in [4.69, 9.17) is 0 Å². The van der Waals surface area contributed by atoms with E-state index in [1.807, 2.05) is 48.5 Å². The number of carbonyl (C=O) groups excluding carboxylic acids is 3. The summed E-state index contributed by atoms with van der Waals surface area (Å²) in [7, 11) is 0. The largest absolute Gasteiger partial charge is 0.326 e. The molecule has 0 fully saturated rings. The first-order valence-electron chi connectivity index (χ1n) is 10.1. The van der Waals surface area contributed by atoms with Crippen molar-refractivity contribution in [1.29, 1.82) is 0 Å². The summed E-state index contributed by atoms with van der Waals surface area (Å²) >= 11 is 0. The number of hydrogen-bond acceptors (Lipinski definition) is 3. The lowest BCUT2D eigenvalue weighted by Gasteiger charge is -2.27. The number of anilines is 2. The lowest BCUT2D eigenvalue weighted by atomic mass is 10.0. The van der Waals surface area contributed by atoms with Crippen LogP contribution in [0.15, 0.2) is 78.9 Å². The highest BCUT2D eigenvalue weighted by atomic mass is 16.2. The van der Waals surface area contributed by atoms with E-state index in [1.54, 1.807) is 35.2 Å². The van der Waals surface area contributed by atoms with Crippen molar-refractivity contribution in [2.24, 2.45) is 0 Å². The third kappa shape index (κ3) is 4.64. The first kappa shape index (κ1) is 20.3. The Morgan fingerprint density at radius 1 is 0.903 bits per heavy atom. The Morgan fingerprint density at radius 3 is 2.29 bits per heavy atom. The van der Waals surface area contributed by atoms with Crippen molar-refractivity contribution in [3.05, 3.63) is 95.6 Å². The van der Waals surface area contributed by atoms with Crippen molar-refractivity contribution >= 4 is 29.1 Å². The number of fused-ring (bicyclic) bond motifs is 1. The van der Waals surface area contributed by atoms with E-state index in [2.05, 4.69) is 10.6 Å². The van der Waals surface area contributed by atoms with Gasteiger partial charge in [-0.05, 0) is 35.4 Å². The summed E-state index contributed by atoms with van der Waals surface area (Å²) in [5.74, 6) is -0.602. The third-order valence-corrected chi connectivity index (χ3v) is 5.25. The molecule has 0 aromatic heterocycles. The Balaban J connectivity index is 1.60. The van der Waals surface area contributed by atoms with E-state index in [1.165, 1.54) is 6.92 Å². The van der Waals surface area contributed by atoms with Crippen LogP contribution in [-0.4, -0.2) is 28.7 Å². The van der Waals surface area contributed by atoms with Crippen molar-refractivity contribution in [1.82, 2.24) is 4.90 Å². The molecule has 6 nitrogen and oxygen atoms in total. The standard InChI is InChI=1S/C25H23N3O3/c1-17(29)26-20-11-7-12-21(15-20)27-24(30)23(14-18-8-3-2-4-9-18)28-16-19-10-5-6-13-22(19)25(28)31/h2-13,15,23H,14,16H2,1H3,(H,26,29)(H,27,30). The minimum atomic E-state index is -0.674. The predicted molar refractivity (Wildman–Crippen MR) is 120 cm³/mol. The zero-order valence-electron chi connectivity index (χ0n) is 17.2. The van der Waals surface area contributed by atoms with Gasteiger partial charge in [0.2, 0.25) is 11.8 Å². The fourth-order valence-electron chi connectivity index (χ4n) is 3.81. The van der Waals surface area contributed by atoms with Crippen LogP contribution in [0.5, 0.6) is 0 Å². The monoisotopic (exact) mass is 413 g/mol. The Kier molecular flexibility index (Phi) is 5.80. The van der Waals surface area contributed by atoms with E-state index in [0.717, 1.165) is 11.1 Å². The molecule has 0 saturated carbocycles. The molecule has 6 heteroatoms. The van der Waals surface area contributed by atoms with Crippen molar-refractivity contribution < 1.29 is 14.4 Å². The average molecular weight is 413 g/mol. The van der Waals surface area contributed by atoms with Gasteiger partial charge in [-0.2, -0.15) is 0 Å². The van der Waals surface area contributed by atoms with Gasteiger partial charge in [0.15, 0.2) is 0 Å². The molecule has 0 spiro atoms. The zero-order valence-corrected chi connectivity index (χ0v) is 17.2. The summed E-state index contributed by atoms with van der Waals surface area (Å²) < 4.78 is 0. The topological polar surface area (TPSA) is 78.5 Å². The van der Waals surface area contributed by atoms with Crippen molar-refractivity contribution in [3.63, 3.8) is 0 Å². The van der Waals surface area contributed by atoms with Crippen molar-refractivity contribution in [2.45, 2.75) is 25.9 Å². The SMILES string of the molecule is CC(=O)Nc1cccc(NC(=O)C(Cc2ccccc2)N2Cc3ccccc3C2=O)c1. The number of nitrogens with one attached hydrogen (secondary N) is 2. The Morgan fingerprint density at radius 2 is 1.58 bits per heavy atom. The highest BCUT2D eigenvalue weighted by Crippen LogP contribution is 2.27. The summed E-state index contributed by atoms with van der Waals surface area (Å²) in [5, 5.41) is 5.62. The van der Waals surface area contributed by atoms with E-state index in [-0.39, 0.29) is 17.7 Å². The Labute approximate surface area is 180 Å². The van der Waals surface area contributed by atoms with Crippen LogP contribution >= 0.6 is 0 Å². The molecule has 0 bridgehead atoms. The van der Waals surface area contributed by atoms with Gasteiger partial charge in [-0.3, -0.25) is 14.4 Å². The molecule has 0 aliphatic carbocycles. The minimum absolute atomic E-state index is 0.140. The molecule has 2 N–H and O–H groups in total. The second kappa shape index (κ2) is 8.83. The van der Waals surface area contributed by atoms with Crippen LogP contribution in [0.25, 0.3) is 0 Å². The number of hydrogen-bond donors (Lipinski definition) is 2. The molecular weight excluding hydrogens is 390 g/mol. The van der Waals surface area contributed by atoms with Crippen LogP contribution < -0.4 is 10.6 Å². The van der Waals surface area contributed by atoms with Gasteiger partial charge in [0, 0.05) is 36.8 Å². The normalized spacial score (nSPS) is 13.5. The third-order valence-electron chi connectivity index (χ3n) is 5.25. The summed E-state index contributed by atoms with van der Waals surface area (Å²) in [5.41, 5.74) is 3.68. The zero-order chi connectivity index (χ0) is 21.8. The van der Waals surface area contributed by atoms with Crippen LogP contribution in [0.2, 0.25) is 0 Å². The molecule has 4 rings (SSSR count). The van der Waals surface area contributed by atoms with Gasteiger partial charge in [0.1, 0.15) is 6.04 Å². The van der Waals surface area contributed by atoms with Crippen LogP contribution in [0.3, 0.4) is 0 Å². The number of amides is 3. The van der Waals surface area contributed by atoms with Gasteiger partial charge in [-0.25, -0.2) is 0 Å². The summed E-state index contributed by atoms with van der Waals surface area (Å²) in [6, 6.07) is 23.4. The molecule has 1 atom stereocenters.